The highest BCUT2D eigenvalue weighted by atomic mass is 16.5. The van der Waals surface area contributed by atoms with Crippen molar-refractivity contribution in [2.45, 2.75) is 58.2 Å². The van der Waals surface area contributed by atoms with Crippen molar-refractivity contribution in [3.05, 3.63) is 29.8 Å². The number of carbonyl (C=O) groups is 1. The molecule has 1 aliphatic heterocycles. The van der Waals surface area contributed by atoms with Crippen LogP contribution >= 0.6 is 0 Å². The van der Waals surface area contributed by atoms with E-state index in [1.165, 1.54) is 5.56 Å². The van der Waals surface area contributed by atoms with E-state index >= 15 is 0 Å². The van der Waals surface area contributed by atoms with E-state index in [4.69, 9.17) is 4.74 Å². The number of hydrogen-bond donors (Lipinski definition) is 1. The lowest BCUT2D eigenvalue weighted by Crippen LogP contribution is -2.45. The summed E-state index contributed by atoms with van der Waals surface area (Å²) in [4.78, 5) is 14.2. The monoisotopic (exact) mass is 305 g/mol. The van der Waals surface area contributed by atoms with Gasteiger partial charge in [-0.3, -0.25) is 4.79 Å². The first-order chi connectivity index (χ1) is 10.3. The van der Waals surface area contributed by atoms with Gasteiger partial charge in [-0.05, 0) is 42.9 Å². The number of amides is 1. The van der Waals surface area contributed by atoms with Crippen LogP contribution < -0.4 is 4.74 Å². The SMILES string of the molecule is CC(Oc1cccc(C(C)(C)C)c1)C(=O)N1CCC(O)CC1. The Morgan fingerprint density at radius 2 is 1.95 bits per heavy atom. The highest BCUT2D eigenvalue weighted by molar-refractivity contribution is 5.81. The highest BCUT2D eigenvalue weighted by Gasteiger charge is 2.26. The van der Waals surface area contributed by atoms with E-state index in [9.17, 15) is 9.90 Å². The van der Waals surface area contributed by atoms with Crippen LogP contribution in [0.5, 0.6) is 5.75 Å². The molecule has 2 rings (SSSR count). The van der Waals surface area contributed by atoms with Gasteiger partial charge < -0.3 is 14.7 Å². The second kappa shape index (κ2) is 6.69. The molecular formula is C18H27NO3. The van der Waals surface area contributed by atoms with Gasteiger partial charge in [0.25, 0.3) is 5.91 Å². The zero-order chi connectivity index (χ0) is 16.3. The standard InChI is InChI=1S/C18H27NO3/c1-13(17(21)19-10-8-15(20)9-11-19)22-16-7-5-6-14(12-16)18(2,3)4/h5-7,12-13,15,20H,8-11H2,1-4H3. The molecule has 1 N–H and O–H groups in total. The van der Waals surface area contributed by atoms with Crippen LogP contribution in [0.2, 0.25) is 0 Å². The lowest BCUT2D eigenvalue weighted by Gasteiger charge is -2.31. The molecule has 0 saturated carbocycles. The molecule has 1 saturated heterocycles. The zero-order valence-corrected chi connectivity index (χ0v) is 14.0. The Morgan fingerprint density at radius 1 is 1.32 bits per heavy atom. The average molecular weight is 305 g/mol. The van der Waals surface area contributed by atoms with Crippen molar-refractivity contribution in [1.29, 1.82) is 0 Å². The Labute approximate surface area is 133 Å². The van der Waals surface area contributed by atoms with E-state index in [1.54, 1.807) is 11.8 Å². The fourth-order valence-electron chi connectivity index (χ4n) is 2.63. The summed E-state index contributed by atoms with van der Waals surface area (Å²) in [6.45, 7) is 9.46. The number of aliphatic hydroxyl groups is 1. The zero-order valence-electron chi connectivity index (χ0n) is 14.0. The summed E-state index contributed by atoms with van der Waals surface area (Å²) in [6, 6.07) is 7.93. The van der Waals surface area contributed by atoms with Gasteiger partial charge in [0.15, 0.2) is 6.10 Å². The van der Waals surface area contributed by atoms with Crippen molar-refractivity contribution >= 4 is 5.91 Å². The van der Waals surface area contributed by atoms with Crippen LogP contribution in [0, 0.1) is 0 Å². The van der Waals surface area contributed by atoms with Crippen LogP contribution in [0.3, 0.4) is 0 Å². The first kappa shape index (κ1) is 16.8. The van der Waals surface area contributed by atoms with Crippen molar-refractivity contribution in [2.24, 2.45) is 0 Å². The van der Waals surface area contributed by atoms with Crippen molar-refractivity contribution < 1.29 is 14.6 Å². The van der Waals surface area contributed by atoms with Crippen LogP contribution in [0.4, 0.5) is 0 Å². The van der Waals surface area contributed by atoms with E-state index in [0.29, 0.717) is 25.9 Å². The Hall–Kier alpha value is -1.55. The topological polar surface area (TPSA) is 49.8 Å². The fourth-order valence-corrected chi connectivity index (χ4v) is 2.63. The van der Waals surface area contributed by atoms with Crippen LogP contribution in [0.1, 0.15) is 46.1 Å². The molecule has 1 aromatic carbocycles. The van der Waals surface area contributed by atoms with Gasteiger partial charge in [0.2, 0.25) is 0 Å². The molecular weight excluding hydrogens is 278 g/mol. The molecule has 122 valence electrons. The molecule has 4 heteroatoms. The fraction of sp³-hybridized carbons (Fsp3) is 0.611. The third kappa shape index (κ3) is 4.23. The summed E-state index contributed by atoms with van der Waals surface area (Å²) in [7, 11) is 0. The summed E-state index contributed by atoms with van der Waals surface area (Å²) >= 11 is 0. The second-order valence-electron chi connectivity index (χ2n) is 7.09. The van der Waals surface area contributed by atoms with Gasteiger partial charge in [-0.25, -0.2) is 0 Å². The van der Waals surface area contributed by atoms with Crippen molar-refractivity contribution in [3.8, 4) is 5.75 Å². The van der Waals surface area contributed by atoms with Crippen LogP contribution in [-0.4, -0.2) is 41.2 Å². The number of carbonyl (C=O) groups excluding carboxylic acids is 1. The van der Waals surface area contributed by atoms with Gasteiger partial charge in [0.05, 0.1) is 6.10 Å². The molecule has 4 nitrogen and oxygen atoms in total. The number of aliphatic hydroxyl groups excluding tert-OH is 1. The number of nitrogens with zero attached hydrogens (tertiary/aromatic N) is 1. The van der Waals surface area contributed by atoms with E-state index < -0.39 is 6.10 Å². The molecule has 0 aliphatic carbocycles. The quantitative estimate of drug-likeness (QED) is 0.934. The molecule has 1 fully saturated rings. The highest BCUT2D eigenvalue weighted by Crippen LogP contribution is 2.26. The average Bonchev–Trinajstić information content (AvgIpc) is 2.46. The Kier molecular flexibility index (Phi) is 5.12. The van der Waals surface area contributed by atoms with Crippen LogP contribution in [-0.2, 0) is 10.2 Å². The molecule has 1 heterocycles. The molecule has 0 radical (unpaired) electrons. The van der Waals surface area contributed by atoms with Crippen molar-refractivity contribution in [3.63, 3.8) is 0 Å². The molecule has 22 heavy (non-hydrogen) atoms. The van der Waals surface area contributed by atoms with Crippen LogP contribution in [0.25, 0.3) is 0 Å². The molecule has 1 aliphatic rings. The first-order valence-electron chi connectivity index (χ1n) is 8.01. The van der Waals surface area contributed by atoms with Gasteiger partial charge >= 0.3 is 0 Å². The minimum atomic E-state index is -0.509. The molecule has 1 amide bonds. The predicted molar refractivity (Wildman–Crippen MR) is 87.1 cm³/mol. The second-order valence-corrected chi connectivity index (χ2v) is 7.09. The van der Waals surface area contributed by atoms with Gasteiger partial charge in [-0.15, -0.1) is 0 Å². The largest absolute Gasteiger partial charge is 0.481 e. The number of benzene rings is 1. The predicted octanol–water partition coefficient (Wildman–Crippen LogP) is 2.73. The third-order valence-corrected chi connectivity index (χ3v) is 4.14. The lowest BCUT2D eigenvalue weighted by atomic mass is 9.87. The molecule has 0 spiro atoms. The summed E-state index contributed by atoms with van der Waals surface area (Å²) in [5.74, 6) is 0.721. The van der Waals surface area contributed by atoms with E-state index in [-0.39, 0.29) is 17.4 Å². The minimum Gasteiger partial charge on any atom is -0.481 e. The number of piperidine rings is 1. The maximum atomic E-state index is 12.4. The summed E-state index contributed by atoms with van der Waals surface area (Å²) < 4.78 is 5.84. The number of likely N-dealkylation sites (tertiary alicyclic amines) is 1. The molecule has 0 bridgehead atoms. The maximum absolute atomic E-state index is 12.4. The normalized spacial score (nSPS) is 18.1. The Balaban J connectivity index is 1.99. The summed E-state index contributed by atoms with van der Waals surface area (Å²) in [5, 5.41) is 9.52. The Morgan fingerprint density at radius 3 is 2.55 bits per heavy atom. The molecule has 1 aromatic rings. The maximum Gasteiger partial charge on any atom is 0.263 e. The molecule has 1 atom stereocenters. The number of hydrogen-bond acceptors (Lipinski definition) is 3. The summed E-state index contributed by atoms with van der Waals surface area (Å²) in [5.41, 5.74) is 1.24. The van der Waals surface area contributed by atoms with E-state index in [2.05, 4.69) is 26.8 Å². The molecule has 0 aromatic heterocycles. The van der Waals surface area contributed by atoms with Crippen molar-refractivity contribution in [1.82, 2.24) is 4.90 Å². The first-order valence-corrected chi connectivity index (χ1v) is 8.01. The van der Waals surface area contributed by atoms with Gasteiger partial charge in [-0.2, -0.15) is 0 Å². The van der Waals surface area contributed by atoms with E-state index in [0.717, 1.165) is 5.75 Å². The van der Waals surface area contributed by atoms with E-state index in [1.807, 2.05) is 18.2 Å². The molecule has 1 unspecified atom stereocenters. The van der Waals surface area contributed by atoms with Gasteiger partial charge in [0, 0.05) is 13.1 Å². The lowest BCUT2D eigenvalue weighted by molar-refractivity contribution is -0.139. The van der Waals surface area contributed by atoms with Gasteiger partial charge in [-0.1, -0.05) is 32.9 Å². The van der Waals surface area contributed by atoms with Gasteiger partial charge in [0.1, 0.15) is 5.75 Å². The Bertz CT molecular complexity index is 513. The summed E-state index contributed by atoms with van der Waals surface area (Å²) in [6.07, 6.45) is 0.518. The third-order valence-electron chi connectivity index (χ3n) is 4.14. The van der Waals surface area contributed by atoms with Crippen molar-refractivity contribution in [2.75, 3.05) is 13.1 Å². The smallest absolute Gasteiger partial charge is 0.263 e. The van der Waals surface area contributed by atoms with Crippen LogP contribution in [0.15, 0.2) is 24.3 Å². The number of rotatable bonds is 3. The number of ether oxygens (including phenoxy) is 1. The minimum absolute atomic E-state index is 0.00642.